The zero-order chi connectivity index (χ0) is 25.2. The van der Waals surface area contributed by atoms with Crippen LogP contribution in [-0.2, 0) is 14.6 Å². The topological polar surface area (TPSA) is 63.6 Å². The molecular weight excluding hydrogens is 444 g/mol. The van der Waals surface area contributed by atoms with E-state index >= 15 is 0 Å². The lowest BCUT2D eigenvalue weighted by Crippen LogP contribution is -2.14. The Morgan fingerprint density at radius 3 is 1.03 bits per heavy atom. The summed E-state index contributed by atoms with van der Waals surface area (Å²) in [5, 5.41) is 0. The van der Waals surface area contributed by atoms with Crippen LogP contribution in [0.2, 0.25) is 0 Å². The molecule has 0 aliphatic carbocycles. The van der Waals surface area contributed by atoms with Gasteiger partial charge in [0.1, 0.15) is 0 Å². The van der Waals surface area contributed by atoms with Gasteiger partial charge in [0.15, 0.2) is 0 Å². The summed E-state index contributed by atoms with van der Waals surface area (Å²) in [6.45, 7) is 4.65. The summed E-state index contributed by atoms with van der Waals surface area (Å²) in [4.78, 5) is 0. The molecule has 0 aromatic carbocycles. The van der Waals surface area contributed by atoms with Gasteiger partial charge in [-0.1, -0.05) is 162 Å². The van der Waals surface area contributed by atoms with Gasteiger partial charge in [-0.2, -0.15) is 8.42 Å². The van der Waals surface area contributed by atoms with Crippen LogP contribution >= 0.6 is 0 Å². The van der Waals surface area contributed by atoms with Crippen molar-refractivity contribution in [2.45, 2.75) is 174 Å². The molecule has 1 unspecified atom stereocenters. The van der Waals surface area contributed by atoms with Crippen molar-refractivity contribution in [3.05, 3.63) is 0 Å². The molecular formula is C29H60O4S. The van der Waals surface area contributed by atoms with E-state index in [0.717, 1.165) is 25.7 Å². The molecule has 0 aliphatic heterocycles. The molecule has 0 fully saturated rings. The molecule has 206 valence electrons. The Kier molecular flexibility index (Phi) is 25.8. The molecule has 0 radical (unpaired) electrons. The highest BCUT2D eigenvalue weighted by Crippen LogP contribution is 2.21. The molecule has 0 rings (SSSR count). The Labute approximate surface area is 214 Å². The second kappa shape index (κ2) is 25.9. The van der Waals surface area contributed by atoms with Crippen LogP contribution in [0.4, 0.5) is 0 Å². The molecule has 0 saturated heterocycles. The van der Waals surface area contributed by atoms with Crippen LogP contribution < -0.4 is 0 Å². The number of rotatable bonds is 28. The molecule has 0 amide bonds. The first-order valence-corrected chi connectivity index (χ1v) is 16.5. The Balaban J connectivity index is 3.68. The van der Waals surface area contributed by atoms with Crippen molar-refractivity contribution >= 4 is 10.4 Å². The molecule has 1 atom stereocenters. The van der Waals surface area contributed by atoms with Gasteiger partial charge in [0, 0.05) is 0 Å². The van der Waals surface area contributed by atoms with E-state index in [1.54, 1.807) is 0 Å². The fourth-order valence-corrected chi connectivity index (χ4v) is 5.23. The standard InChI is InChI=1S/C29H60O4S/c1-3-5-7-9-11-13-14-15-16-17-18-19-21-23-25-27-29(28-33-34(30,31)32)26-24-22-20-12-10-8-6-4-2/h29H,3-28H2,1-2H3,(H,30,31,32). The van der Waals surface area contributed by atoms with Crippen molar-refractivity contribution in [3.63, 3.8) is 0 Å². The first-order valence-electron chi connectivity index (χ1n) is 15.1. The highest BCUT2D eigenvalue weighted by atomic mass is 32.3. The third kappa shape index (κ3) is 28.1. The zero-order valence-electron chi connectivity index (χ0n) is 23.0. The Morgan fingerprint density at radius 2 is 0.765 bits per heavy atom. The fraction of sp³-hybridized carbons (Fsp3) is 1.00. The molecule has 0 saturated carbocycles. The smallest absolute Gasteiger partial charge is 0.264 e. The second-order valence-electron chi connectivity index (χ2n) is 10.6. The first-order chi connectivity index (χ1) is 16.5. The third-order valence-corrected chi connectivity index (χ3v) is 7.57. The monoisotopic (exact) mass is 504 g/mol. The summed E-state index contributed by atoms with van der Waals surface area (Å²) >= 11 is 0. The van der Waals surface area contributed by atoms with E-state index in [-0.39, 0.29) is 12.5 Å². The minimum absolute atomic E-state index is 0.133. The van der Waals surface area contributed by atoms with Crippen LogP contribution in [0.15, 0.2) is 0 Å². The SMILES string of the molecule is CCCCCCCCCCCCCCCCCC(CCCCCCCCCC)COS(=O)(=O)O. The third-order valence-electron chi connectivity index (χ3n) is 7.13. The molecule has 5 heteroatoms. The van der Waals surface area contributed by atoms with E-state index in [1.165, 1.54) is 135 Å². The number of hydrogen-bond acceptors (Lipinski definition) is 3. The molecule has 1 N–H and O–H groups in total. The van der Waals surface area contributed by atoms with Crippen molar-refractivity contribution < 1.29 is 17.2 Å². The van der Waals surface area contributed by atoms with Crippen molar-refractivity contribution in [3.8, 4) is 0 Å². The maximum absolute atomic E-state index is 11.0. The predicted octanol–water partition coefficient (Wildman–Crippen LogP) is 10.2. The molecule has 0 heterocycles. The maximum atomic E-state index is 11.0. The molecule has 34 heavy (non-hydrogen) atoms. The van der Waals surface area contributed by atoms with E-state index in [9.17, 15) is 8.42 Å². The molecule has 0 aromatic heterocycles. The van der Waals surface area contributed by atoms with E-state index < -0.39 is 10.4 Å². The van der Waals surface area contributed by atoms with E-state index in [2.05, 4.69) is 13.8 Å². The highest BCUT2D eigenvalue weighted by Gasteiger charge is 2.13. The lowest BCUT2D eigenvalue weighted by Gasteiger charge is -2.16. The Bertz CT molecular complexity index is 492. The molecule has 0 spiro atoms. The molecule has 0 aliphatic rings. The second-order valence-corrected chi connectivity index (χ2v) is 11.7. The minimum atomic E-state index is -4.33. The Morgan fingerprint density at radius 1 is 0.500 bits per heavy atom. The van der Waals surface area contributed by atoms with E-state index in [0.29, 0.717) is 0 Å². The van der Waals surface area contributed by atoms with Crippen LogP contribution in [0, 0.1) is 5.92 Å². The van der Waals surface area contributed by atoms with E-state index in [1.807, 2.05) is 0 Å². The van der Waals surface area contributed by atoms with Crippen molar-refractivity contribution in [1.29, 1.82) is 0 Å². The average molecular weight is 505 g/mol. The van der Waals surface area contributed by atoms with Crippen LogP contribution in [0.25, 0.3) is 0 Å². The van der Waals surface area contributed by atoms with Crippen molar-refractivity contribution in [2.75, 3.05) is 6.61 Å². The minimum Gasteiger partial charge on any atom is -0.264 e. The van der Waals surface area contributed by atoms with Gasteiger partial charge >= 0.3 is 10.4 Å². The predicted molar refractivity (Wildman–Crippen MR) is 148 cm³/mol. The normalized spacial score (nSPS) is 12.9. The quantitative estimate of drug-likeness (QED) is 0.0850. The fourth-order valence-electron chi connectivity index (χ4n) is 4.86. The van der Waals surface area contributed by atoms with Crippen LogP contribution in [0.5, 0.6) is 0 Å². The van der Waals surface area contributed by atoms with Gasteiger partial charge in [0.25, 0.3) is 0 Å². The summed E-state index contributed by atoms with van der Waals surface area (Å²) in [6, 6.07) is 0. The lowest BCUT2D eigenvalue weighted by molar-refractivity contribution is 0.204. The number of unbranched alkanes of at least 4 members (excludes halogenated alkanes) is 21. The summed E-state index contributed by atoms with van der Waals surface area (Å²) < 4.78 is 35.6. The summed E-state index contributed by atoms with van der Waals surface area (Å²) in [5.74, 6) is 0.240. The van der Waals surface area contributed by atoms with E-state index in [4.69, 9.17) is 8.74 Å². The van der Waals surface area contributed by atoms with Gasteiger partial charge in [0.2, 0.25) is 0 Å². The van der Waals surface area contributed by atoms with Gasteiger partial charge < -0.3 is 0 Å². The molecule has 4 nitrogen and oxygen atoms in total. The van der Waals surface area contributed by atoms with Gasteiger partial charge in [0.05, 0.1) is 6.61 Å². The van der Waals surface area contributed by atoms with Gasteiger partial charge in [-0.05, 0) is 18.8 Å². The zero-order valence-corrected chi connectivity index (χ0v) is 23.9. The van der Waals surface area contributed by atoms with Crippen LogP contribution in [0.3, 0.4) is 0 Å². The highest BCUT2D eigenvalue weighted by molar-refractivity contribution is 7.80. The van der Waals surface area contributed by atoms with Crippen molar-refractivity contribution in [1.82, 2.24) is 0 Å². The van der Waals surface area contributed by atoms with Gasteiger partial charge in [-0.25, -0.2) is 4.18 Å². The van der Waals surface area contributed by atoms with Gasteiger partial charge in [-0.15, -0.1) is 0 Å². The summed E-state index contributed by atoms with van der Waals surface area (Å²) in [6.07, 6.45) is 32.6. The van der Waals surface area contributed by atoms with Crippen LogP contribution in [0.1, 0.15) is 174 Å². The lowest BCUT2D eigenvalue weighted by atomic mass is 9.94. The number of hydrogen-bond donors (Lipinski definition) is 1. The molecule has 0 bridgehead atoms. The largest absolute Gasteiger partial charge is 0.397 e. The van der Waals surface area contributed by atoms with Crippen LogP contribution in [-0.4, -0.2) is 19.6 Å². The average Bonchev–Trinajstić information content (AvgIpc) is 2.80. The maximum Gasteiger partial charge on any atom is 0.397 e. The van der Waals surface area contributed by atoms with Gasteiger partial charge in [-0.3, -0.25) is 4.55 Å². The summed E-state index contributed by atoms with van der Waals surface area (Å²) in [7, 11) is -4.33. The first kappa shape index (κ1) is 33.9. The van der Waals surface area contributed by atoms with Crippen molar-refractivity contribution in [2.24, 2.45) is 5.92 Å². The Hall–Kier alpha value is -0.130. The molecule has 0 aromatic rings. The summed E-state index contributed by atoms with van der Waals surface area (Å²) in [5.41, 5.74) is 0.